The van der Waals surface area contributed by atoms with E-state index in [1.807, 2.05) is 37.8 Å². The van der Waals surface area contributed by atoms with E-state index in [1.165, 1.54) is 12.1 Å². The van der Waals surface area contributed by atoms with Crippen LogP contribution in [0.5, 0.6) is 5.75 Å². The number of halogens is 1. The Bertz CT molecular complexity index is 1660. The second-order valence-electron chi connectivity index (χ2n) is 9.85. The van der Waals surface area contributed by atoms with Crippen LogP contribution in [0.3, 0.4) is 0 Å². The number of aromatic nitrogens is 5. The summed E-state index contributed by atoms with van der Waals surface area (Å²) in [6.45, 7) is 4.50. The van der Waals surface area contributed by atoms with Crippen molar-refractivity contribution in [2.24, 2.45) is 7.05 Å². The number of sulfone groups is 1. The molecule has 4 heterocycles. The lowest BCUT2D eigenvalue weighted by atomic mass is 10.0. The molecule has 1 saturated heterocycles. The Kier molecular flexibility index (Phi) is 7.51. The van der Waals surface area contributed by atoms with E-state index in [0.717, 1.165) is 42.8 Å². The number of nitrogens with zero attached hydrogens (tertiary/aromatic N) is 5. The Morgan fingerprint density at radius 2 is 1.95 bits per heavy atom. The van der Waals surface area contributed by atoms with Crippen molar-refractivity contribution < 1.29 is 22.3 Å². The van der Waals surface area contributed by atoms with Crippen LogP contribution in [0.1, 0.15) is 36.7 Å². The summed E-state index contributed by atoms with van der Waals surface area (Å²) in [4.78, 5) is 4.64. The summed E-state index contributed by atoms with van der Waals surface area (Å²) >= 11 is 0. The van der Waals surface area contributed by atoms with Gasteiger partial charge in [0.15, 0.2) is 33.5 Å². The molecule has 13 heteroatoms. The van der Waals surface area contributed by atoms with Crippen molar-refractivity contribution in [1.82, 2.24) is 24.5 Å². The van der Waals surface area contributed by atoms with Crippen molar-refractivity contribution in [2.45, 2.75) is 44.2 Å². The molecule has 4 aromatic rings. The highest BCUT2D eigenvalue weighted by Crippen LogP contribution is 2.42. The van der Waals surface area contributed by atoms with Crippen LogP contribution in [0.4, 0.5) is 27.5 Å². The highest BCUT2D eigenvalue weighted by molar-refractivity contribution is 7.90. The van der Waals surface area contributed by atoms with Crippen LogP contribution in [-0.4, -0.2) is 52.9 Å². The fourth-order valence-corrected chi connectivity index (χ4v) is 5.42. The number of anilines is 4. The summed E-state index contributed by atoms with van der Waals surface area (Å²) in [6.07, 6.45) is 7.46. The zero-order valence-corrected chi connectivity index (χ0v) is 23.8. The summed E-state index contributed by atoms with van der Waals surface area (Å²) in [7, 11) is -0.196. The van der Waals surface area contributed by atoms with Gasteiger partial charge >= 0.3 is 0 Å². The third-order valence-corrected chi connectivity index (χ3v) is 7.92. The van der Waals surface area contributed by atoms with Gasteiger partial charge in [0.25, 0.3) is 0 Å². The number of benzene rings is 1. The van der Waals surface area contributed by atoms with Crippen molar-refractivity contribution in [3.05, 3.63) is 53.7 Å². The number of aryl methyl sites for hydroxylation is 2. The zero-order valence-electron chi connectivity index (χ0n) is 23.0. The first-order valence-electron chi connectivity index (χ1n) is 12.8. The number of pyridine rings is 1. The first kappa shape index (κ1) is 27.6. The van der Waals surface area contributed by atoms with E-state index in [2.05, 4.69) is 15.7 Å². The SMILES string of the molecule is COc1c(Nc2cc(C)n(C3CCCCO3)n2)nc(Nc2ccc(S(C)(=O)=O)cc2F)c(C)c1-c1cnn(C)c1. The zero-order chi connectivity index (χ0) is 28.6. The van der Waals surface area contributed by atoms with Crippen LogP contribution in [0.2, 0.25) is 0 Å². The quantitative estimate of drug-likeness (QED) is 0.300. The Labute approximate surface area is 232 Å². The molecule has 1 aliphatic rings. The van der Waals surface area contributed by atoms with Gasteiger partial charge in [0.05, 0.1) is 23.9 Å². The maximum atomic E-state index is 15.0. The number of hydrogen-bond acceptors (Lipinski definition) is 9. The molecule has 1 unspecified atom stereocenters. The molecule has 0 aliphatic carbocycles. The first-order chi connectivity index (χ1) is 19.0. The summed E-state index contributed by atoms with van der Waals surface area (Å²) < 4.78 is 54.1. The molecule has 0 saturated carbocycles. The normalized spacial score (nSPS) is 15.7. The highest BCUT2D eigenvalue weighted by Gasteiger charge is 2.24. The van der Waals surface area contributed by atoms with Crippen LogP contribution < -0.4 is 15.4 Å². The number of methoxy groups -OCH3 is 1. The molecule has 1 fully saturated rings. The summed E-state index contributed by atoms with van der Waals surface area (Å²) in [5, 5.41) is 15.3. The largest absolute Gasteiger partial charge is 0.492 e. The third-order valence-electron chi connectivity index (χ3n) is 6.81. The average Bonchev–Trinajstić information content (AvgIpc) is 3.51. The van der Waals surface area contributed by atoms with Gasteiger partial charge in [-0.2, -0.15) is 10.2 Å². The highest BCUT2D eigenvalue weighted by atomic mass is 32.2. The predicted octanol–water partition coefficient (Wildman–Crippen LogP) is 5.03. The fraction of sp³-hybridized carbons (Fsp3) is 0.370. The molecule has 11 nitrogen and oxygen atoms in total. The van der Waals surface area contributed by atoms with E-state index >= 15 is 4.39 Å². The standard InChI is InChI=1S/C27H32FN7O4S/c1-16-12-22(33-35(16)23-8-6-7-11-39-23)31-27-25(38-4)24(18-14-29-34(3)15-18)17(2)26(32-27)30-21-10-9-19(13-20(21)28)40(5,36)37/h9-10,12-15,23H,6-8,11H2,1-5H3,(H2,30,31,32,33). The number of ether oxygens (including phenoxy) is 2. The van der Waals surface area contributed by atoms with Crippen LogP contribution in [0.15, 0.2) is 41.6 Å². The van der Waals surface area contributed by atoms with E-state index in [0.29, 0.717) is 40.9 Å². The van der Waals surface area contributed by atoms with Crippen LogP contribution in [0.25, 0.3) is 11.1 Å². The third kappa shape index (κ3) is 5.52. The minimum Gasteiger partial charge on any atom is -0.492 e. The molecule has 0 amide bonds. The van der Waals surface area contributed by atoms with Gasteiger partial charge in [-0.25, -0.2) is 22.5 Å². The lowest BCUT2D eigenvalue weighted by Crippen LogP contribution is -2.20. The number of hydrogen-bond donors (Lipinski definition) is 2. The van der Waals surface area contributed by atoms with Gasteiger partial charge in [-0.1, -0.05) is 0 Å². The molecule has 40 heavy (non-hydrogen) atoms. The molecule has 3 aromatic heterocycles. The number of nitrogens with one attached hydrogen (secondary N) is 2. The molecular formula is C27H32FN7O4S. The molecule has 0 radical (unpaired) electrons. The van der Waals surface area contributed by atoms with Crippen molar-refractivity contribution in [3.63, 3.8) is 0 Å². The van der Waals surface area contributed by atoms with Crippen molar-refractivity contribution in [1.29, 1.82) is 0 Å². The fourth-order valence-electron chi connectivity index (χ4n) is 4.79. The topological polar surface area (TPSA) is 125 Å². The predicted molar refractivity (Wildman–Crippen MR) is 150 cm³/mol. The van der Waals surface area contributed by atoms with Gasteiger partial charge in [-0.15, -0.1) is 0 Å². The molecule has 0 spiro atoms. The minimum atomic E-state index is -3.56. The van der Waals surface area contributed by atoms with E-state index in [4.69, 9.17) is 19.6 Å². The maximum Gasteiger partial charge on any atom is 0.177 e. The van der Waals surface area contributed by atoms with E-state index in [-0.39, 0.29) is 16.8 Å². The molecule has 1 aliphatic heterocycles. The van der Waals surface area contributed by atoms with Crippen molar-refractivity contribution >= 4 is 33.0 Å². The van der Waals surface area contributed by atoms with Crippen molar-refractivity contribution in [3.8, 4) is 16.9 Å². The van der Waals surface area contributed by atoms with Crippen LogP contribution in [-0.2, 0) is 21.6 Å². The summed E-state index contributed by atoms with van der Waals surface area (Å²) in [5.41, 5.74) is 3.16. The molecule has 1 aromatic carbocycles. The van der Waals surface area contributed by atoms with E-state index < -0.39 is 15.7 Å². The van der Waals surface area contributed by atoms with E-state index in [1.54, 1.807) is 18.0 Å². The van der Waals surface area contributed by atoms with Gasteiger partial charge in [-0.3, -0.25) is 4.68 Å². The second-order valence-corrected chi connectivity index (χ2v) is 11.9. The Morgan fingerprint density at radius 3 is 2.58 bits per heavy atom. The molecular weight excluding hydrogens is 537 g/mol. The number of rotatable bonds is 8. The smallest absolute Gasteiger partial charge is 0.177 e. The van der Waals surface area contributed by atoms with Gasteiger partial charge in [-0.05, 0) is 51.3 Å². The van der Waals surface area contributed by atoms with Gasteiger partial charge in [0.2, 0.25) is 0 Å². The molecule has 212 valence electrons. The summed E-state index contributed by atoms with van der Waals surface area (Å²) in [5.74, 6) is 0.995. The minimum absolute atomic E-state index is 0.0748. The van der Waals surface area contributed by atoms with Crippen LogP contribution in [0, 0.1) is 19.7 Å². The Morgan fingerprint density at radius 1 is 1.15 bits per heavy atom. The van der Waals surface area contributed by atoms with Crippen molar-refractivity contribution in [2.75, 3.05) is 30.6 Å². The lowest BCUT2D eigenvalue weighted by Gasteiger charge is -2.23. The van der Waals surface area contributed by atoms with Gasteiger partial charge < -0.3 is 20.1 Å². The van der Waals surface area contributed by atoms with Crippen LogP contribution >= 0.6 is 0 Å². The summed E-state index contributed by atoms with van der Waals surface area (Å²) in [6, 6.07) is 5.62. The van der Waals surface area contributed by atoms with E-state index in [9.17, 15) is 8.42 Å². The average molecular weight is 570 g/mol. The lowest BCUT2D eigenvalue weighted by molar-refractivity contribution is -0.0404. The van der Waals surface area contributed by atoms with Gasteiger partial charge in [0, 0.05) is 54.6 Å². The first-order valence-corrected chi connectivity index (χ1v) is 14.7. The molecule has 1 atom stereocenters. The Balaban J connectivity index is 1.58. The molecule has 2 N–H and O–H groups in total. The second kappa shape index (κ2) is 10.9. The molecule has 5 rings (SSSR count). The Hall–Kier alpha value is -3.97. The monoisotopic (exact) mass is 569 g/mol. The molecule has 0 bridgehead atoms. The maximum absolute atomic E-state index is 15.0. The van der Waals surface area contributed by atoms with Gasteiger partial charge in [0.1, 0.15) is 11.6 Å².